The minimum atomic E-state index is -0.0214. The predicted molar refractivity (Wildman–Crippen MR) is 102 cm³/mol. The minimum Gasteiger partial charge on any atom is -0.325 e. The van der Waals surface area contributed by atoms with E-state index in [0.29, 0.717) is 6.54 Å². The molecule has 5 heteroatoms. The molecule has 0 bridgehead atoms. The number of hydrogen-bond donors (Lipinski definition) is 1. The van der Waals surface area contributed by atoms with Crippen LogP contribution in [0.4, 0.5) is 5.69 Å². The van der Waals surface area contributed by atoms with E-state index in [1.165, 1.54) is 18.5 Å². The molecule has 1 N–H and O–H groups in total. The lowest BCUT2D eigenvalue weighted by atomic mass is 10.0. The number of pyridine rings is 1. The Bertz CT molecular complexity index is 930. The molecular formula is C21H22N4O. The minimum absolute atomic E-state index is 0.0214. The maximum atomic E-state index is 12.5. The first-order chi connectivity index (χ1) is 12.7. The molecule has 1 aliphatic carbocycles. The van der Waals surface area contributed by atoms with Crippen molar-refractivity contribution in [3.05, 3.63) is 66.0 Å². The van der Waals surface area contributed by atoms with Crippen molar-refractivity contribution in [3.63, 3.8) is 0 Å². The van der Waals surface area contributed by atoms with Crippen molar-refractivity contribution < 1.29 is 4.79 Å². The molecule has 0 saturated carbocycles. The Hall–Kier alpha value is -2.95. The van der Waals surface area contributed by atoms with Gasteiger partial charge in [0.2, 0.25) is 5.91 Å². The van der Waals surface area contributed by atoms with Gasteiger partial charge >= 0.3 is 0 Å². The maximum Gasteiger partial charge on any atom is 0.244 e. The number of amides is 1. The Balaban J connectivity index is 1.46. The van der Waals surface area contributed by atoms with Gasteiger partial charge in [0.25, 0.3) is 0 Å². The number of carbonyl (C=O) groups excluding carboxylic acids is 1. The molecule has 0 unspecified atom stereocenters. The van der Waals surface area contributed by atoms with E-state index in [1.807, 2.05) is 34.9 Å². The topological polar surface area (TPSA) is 59.8 Å². The van der Waals surface area contributed by atoms with E-state index in [2.05, 4.69) is 22.2 Å². The lowest BCUT2D eigenvalue weighted by Gasteiger charge is -2.14. The Labute approximate surface area is 153 Å². The van der Waals surface area contributed by atoms with Crippen LogP contribution in [0.15, 0.2) is 49.1 Å². The average Bonchev–Trinajstić information content (AvgIpc) is 3.05. The van der Waals surface area contributed by atoms with E-state index in [0.717, 1.165) is 40.9 Å². The fourth-order valence-electron chi connectivity index (χ4n) is 3.62. The molecule has 2 aromatic heterocycles. The number of hydrogen-bond acceptors (Lipinski definition) is 3. The lowest BCUT2D eigenvalue weighted by Crippen LogP contribution is -2.20. The average molecular weight is 346 g/mol. The number of rotatable bonds is 4. The third-order valence-electron chi connectivity index (χ3n) is 4.93. The molecule has 1 amide bonds. The molecule has 0 saturated heterocycles. The normalized spacial score (nSPS) is 13.3. The van der Waals surface area contributed by atoms with Crippen LogP contribution in [0.1, 0.15) is 29.8 Å². The summed E-state index contributed by atoms with van der Waals surface area (Å²) in [6.45, 7) is 2.37. The van der Waals surface area contributed by atoms with Crippen molar-refractivity contribution in [1.82, 2.24) is 14.5 Å². The van der Waals surface area contributed by atoms with Crippen molar-refractivity contribution in [1.29, 1.82) is 0 Å². The van der Waals surface area contributed by atoms with Gasteiger partial charge in [0.15, 0.2) is 0 Å². The van der Waals surface area contributed by atoms with Crippen LogP contribution < -0.4 is 5.32 Å². The summed E-state index contributed by atoms with van der Waals surface area (Å²) in [6.07, 6.45) is 9.79. The molecule has 1 aliphatic rings. The highest BCUT2D eigenvalue weighted by molar-refractivity contribution is 5.91. The van der Waals surface area contributed by atoms with Crippen LogP contribution in [0.3, 0.4) is 0 Å². The molecule has 0 spiro atoms. The van der Waals surface area contributed by atoms with Crippen LogP contribution in [0, 0.1) is 6.92 Å². The number of imidazole rings is 1. The van der Waals surface area contributed by atoms with Crippen LogP contribution in [-0.2, 0) is 24.2 Å². The van der Waals surface area contributed by atoms with E-state index >= 15 is 0 Å². The molecule has 4 rings (SSSR count). The van der Waals surface area contributed by atoms with Crippen LogP contribution in [-0.4, -0.2) is 20.4 Å². The monoisotopic (exact) mass is 346 g/mol. The second-order valence-electron chi connectivity index (χ2n) is 6.79. The Morgan fingerprint density at radius 2 is 1.96 bits per heavy atom. The van der Waals surface area contributed by atoms with Gasteiger partial charge in [-0.25, -0.2) is 4.98 Å². The third kappa shape index (κ3) is 3.38. The van der Waals surface area contributed by atoms with Crippen LogP contribution in [0.2, 0.25) is 0 Å². The lowest BCUT2D eigenvalue weighted by molar-refractivity contribution is -0.116. The highest BCUT2D eigenvalue weighted by Crippen LogP contribution is 2.25. The maximum absolute atomic E-state index is 12.5. The largest absolute Gasteiger partial charge is 0.325 e. The standard InChI is InChI=1S/C21H22N4O/c1-15-12-17(6-7-18(15)16-8-10-22-11-9-16)24-21(26)13-25-14-23-19-4-2-3-5-20(19)25/h6-12,14H,2-5,13H2,1H3,(H,24,26). The smallest absolute Gasteiger partial charge is 0.244 e. The van der Waals surface area contributed by atoms with Gasteiger partial charge in [0, 0.05) is 23.8 Å². The molecule has 3 aromatic rings. The van der Waals surface area contributed by atoms with Gasteiger partial charge < -0.3 is 9.88 Å². The predicted octanol–water partition coefficient (Wildman–Crippen LogP) is 3.77. The van der Waals surface area contributed by atoms with Crippen molar-refractivity contribution in [3.8, 4) is 11.1 Å². The zero-order valence-electron chi connectivity index (χ0n) is 14.9. The van der Waals surface area contributed by atoms with Crippen LogP contribution in [0.25, 0.3) is 11.1 Å². The zero-order valence-corrected chi connectivity index (χ0v) is 14.9. The third-order valence-corrected chi connectivity index (χ3v) is 4.93. The molecule has 26 heavy (non-hydrogen) atoms. The summed E-state index contributed by atoms with van der Waals surface area (Å²) in [6, 6.07) is 9.98. The number of nitrogens with zero attached hydrogens (tertiary/aromatic N) is 3. The number of fused-ring (bicyclic) bond motifs is 1. The summed E-state index contributed by atoms with van der Waals surface area (Å²) in [5.41, 5.74) is 6.58. The van der Waals surface area contributed by atoms with Crippen molar-refractivity contribution >= 4 is 11.6 Å². The molecule has 0 radical (unpaired) electrons. The SMILES string of the molecule is Cc1cc(NC(=O)Cn2cnc3c2CCCC3)ccc1-c1ccncc1. The number of anilines is 1. The van der Waals surface area contributed by atoms with E-state index in [-0.39, 0.29) is 5.91 Å². The summed E-state index contributed by atoms with van der Waals surface area (Å²) < 4.78 is 1.99. The first kappa shape index (κ1) is 16.5. The van der Waals surface area contributed by atoms with Crippen molar-refractivity contribution in [2.75, 3.05) is 5.32 Å². The first-order valence-electron chi connectivity index (χ1n) is 9.04. The fourth-order valence-corrected chi connectivity index (χ4v) is 3.62. The van der Waals surface area contributed by atoms with Crippen molar-refractivity contribution in [2.45, 2.75) is 39.2 Å². The molecule has 2 heterocycles. The van der Waals surface area contributed by atoms with Crippen LogP contribution in [0.5, 0.6) is 0 Å². The molecule has 0 atom stereocenters. The number of nitrogens with one attached hydrogen (secondary N) is 1. The Morgan fingerprint density at radius 3 is 2.77 bits per heavy atom. The second kappa shape index (κ2) is 7.12. The Kier molecular flexibility index (Phi) is 4.52. The molecule has 1 aromatic carbocycles. The zero-order chi connectivity index (χ0) is 17.9. The molecule has 0 fully saturated rings. The van der Waals surface area contributed by atoms with Gasteiger partial charge in [-0.05, 0) is 73.6 Å². The van der Waals surface area contributed by atoms with Crippen LogP contribution >= 0.6 is 0 Å². The fraction of sp³-hybridized carbons (Fsp3) is 0.286. The van der Waals surface area contributed by atoms with E-state index in [9.17, 15) is 4.79 Å². The van der Waals surface area contributed by atoms with Gasteiger partial charge in [-0.1, -0.05) is 6.07 Å². The Morgan fingerprint density at radius 1 is 1.15 bits per heavy atom. The van der Waals surface area contributed by atoms with Gasteiger partial charge in [-0.3, -0.25) is 9.78 Å². The van der Waals surface area contributed by atoms with E-state index < -0.39 is 0 Å². The number of aromatic nitrogens is 3. The first-order valence-corrected chi connectivity index (χ1v) is 9.04. The molecule has 5 nitrogen and oxygen atoms in total. The summed E-state index contributed by atoms with van der Waals surface area (Å²) in [5, 5.41) is 3.01. The summed E-state index contributed by atoms with van der Waals surface area (Å²) >= 11 is 0. The quantitative estimate of drug-likeness (QED) is 0.782. The van der Waals surface area contributed by atoms with Gasteiger partial charge in [0.05, 0.1) is 12.0 Å². The number of carbonyl (C=O) groups is 1. The molecule has 132 valence electrons. The number of aryl methyl sites for hydroxylation is 2. The summed E-state index contributed by atoms with van der Waals surface area (Å²) in [7, 11) is 0. The second-order valence-corrected chi connectivity index (χ2v) is 6.79. The van der Waals surface area contributed by atoms with E-state index in [1.54, 1.807) is 18.7 Å². The van der Waals surface area contributed by atoms with Gasteiger partial charge in [0.1, 0.15) is 6.54 Å². The highest BCUT2D eigenvalue weighted by atomic mass is 16.1. The highest BCUT2D eigenvalue weighted by Gasteiger charge is 2.16. The van der Waals surface area contributed by atoms with Gasteiger partial charge in [-0.2, -0.15) is 0 Å². The summed E-state index contributed by atoms with van der Waals surface area (Å²) in [4.78, 5) is 21.0. The van der Waals surface area contributed by atoms with E-state index in [4.69, 9.17) is 0 Å². The molecule has 0 aliphatic heterocycles. The van der Waals surface area contributed by atoms with Crippen molar-refractivity contribution in [2.24, 2.45) is 0 Å². The summed E-state index contributed by atoms with van der Waals surface area (Å²) in [5.74, 6) is -0.0214. The molecular weight excluding hydrogens is 324 g/mol. The number of benzene rings is 1. The van der Waals surface area contributed by atoms with Gasteiger partial charge in [-0.15, -0.1) is 0 Å².